The highest BCUT2D eigenvalue weighted by atomic mass is 35.5. The van der Waals surface area contributed by atoms with Crippen molar-refractivity contribution >= 4 is 31.5 Å². The molecule has 0 fully saturated rings. The molecule has 0 heterocycles. The normalized spacial score (nSPS) is 12.6. The quantitative estimate of drug-likeness (QED) is 0.380. The molecule has 0 saturated heterocycles. The fourth-order valence-corrected chi connectivity index (χ4v) is 7.06. The summed E-state index contributed by atoms with van der Waals surface area (Å²) in [6.45, 7) is 7.00. The van der Waals surface area contributed by atoms with Crippen molar-refractivity contribution in [2.45, 2.75) is 51.6 Å². The molecule has 0 spiro atoms. The molecule has 0 radical (unpaired) electrons. The second-order valence-corrected chi connectivity index (χ2v) is 12.8. The smallest absolute Gasteiger partial charge is 0.192 e. The number of nitriles is 1. The van der Waals surface area contributed by atoms with E-state index in [-0.39, 0.29) is 6.54 Å². The van der Waals surface area contributed by atoms with Gasteiger partial charge in [0.05, 0.1) is 17.7 Å². The number of halogens is 4. The molecule has 0 aliphatic carbocycles. The standard InChI is InChI=1S/C22H26Cl2F2N2OSi/c1-4-30(5-2,6-3)29-21(22-19(23)9-15(12-27)10-20(22)24)14-28-13-16-7-17(25)11-18(26)8-16/h7-11,21,28H,4-6,13-14H2,1-3H3. The Labute approximate surface area is 188 Å². The van der Waals surface area contributed by atoms with Crippen LogP contribution in [0.1, 0.15) is 43.6 Å². The molecule has 3 nitrogen and oxygen atoms in total. The minimum Gasteiger partial charge on any atom is -0.409 e. The predicted molar refractivity (Wildman–Crippen MR) is 120 cm³/mol. The lowest BCUT2D eigenvalue weighted by atomic mass is 10.1. The molecule has 0 aliphatic heterocycles. The fraction of sp³-hybridized carbons (Fsp3) is 0.409. The van der Waals surface area contributed by atoms with E-state index in [1.165, 1.54) is 12.1 Å². The number of nitrogens with one attached hydrogen (secondary N) is 1. The molecule has 1 atom stereocenters. The molecular formula is C22H26Cl2F2N2OSi. The molecule has 30 heavy (non-hydrogen) atoms. The van der Waals surface area contributed by atoms with Crippen LogP contribution in [0.5, 0.6) is 0 Å². The van der Waals surface area contributed by atoms with Gasteiger partial charge >= 0.3 is 0 Å². The van der Waals surface area contributed by atoms with Gasteiger partial charge in [-0.25, -0.2) is 8.78 Å². The van der Waals surface area contributed by atoms with Gasteiger partial charge in [-0.15, -0.1) is 0 Å². The Morgan fingerprint density at radius 1 is 1.00 bits per heavy atom. The van der Waals surface area contributed by atoms with E-state index in [1.54, 1.807) is 12.1 Å². The fourth-order valence-electron chi connectivity index (χ4n) is 3.52. The van der Waals surface area contributed by atoms with Crippen LogP contribution in [0.2, 0.25) is 28.2 Å². The minimum atomic E-state index is -2.02. The highest BCUT2D eigenvalue weighted by molar-refractivity contribution is 6.73. The molecule has 0 bridgehead atoms. The number of rotatable bonds is 10. The maximum Gasteiger partial charge on any atom is 0.192 e. The van der Waals surface area contributed by atoms with E-state index in [4.69, 9.17) is 32.9 Å². The lowest BCUT2D eigenvalue weighted by Crippen LogP contribution is -2.40. The van der Waals surface area contributed by atoms with E-state index in [2.05, 4.69) is 26.1 Å². The summed E-state index contributed by atoms with van der Waals surface area (Å²) < 4.78 is 33.6. The van der Waals surface area contributed by atoms with Crippen molar-refractivity contribution in [1.82, 2.24) is 5.32 Å². The Balaban J connectivity index is 2.31. The van der Waals surface area contributed by atoms with Crippen LogP contribution in [0.15, 0.2) is 30.3 Å². The minimum absolute atomic E-state index is 0.263. The van der Waals surface area contributed by atoms with Gasteiger partial charge in [0.2, 0.25) is 0 Å². The van der Waals surface area contributed by atoms with E-state index < -0.39 is 26.1 Å². The first kappa shape index (κ1) is 24.8. The highest BCUT2D eigenvalue weighted by Gasteiger charge is 2.34. The third-order valence-corrected chi connectivity index (χ3v) is 10.7. The molecule has 8 heteroatoms. The Hall–Kier alpha value is -1.49. The van der Waals surface area contributed by atoms with Crippen molar-refractivity contribution in [3.8, 4) is 6.07 Å². The van der Waals surface area contributed by atoms with E-state index in [0.29, 0.717) is 33.3 Å². The average molecular weight is 471 g/mol. The van der Waals surface area contributed by atoms with Gasteiger partial charge in [0.25, 0.3) is 0 Å². The molecule has 0 amide bonds. The summed E-state index contributed by atoms with van der Waals surface area (Å²) >= 11 is 13.0. The Morgan fingerprint density at radius 2 is 1.53 bits per heavy atom. The first-order chi connectivity index (χ1) is 14.3. The SMILES string of the molecule is CC[Si](CC)(CC)OC(CNCc1cc(F)cc(F)c1)c1c(Cl)cc(C#N)cc1Cl. The van der Waals surface area contributed by atoms with Gasteiger partial charge in [-0.3, -0.25) is 0 Å². The van der Waals surface area contributed by atoms with Crippen LogP contribution in [-0.2, 0) is 11.0 Å². The number of hydrogen-bond donors (Lipinski definition) is 1. The van der Waals surface area contributed by atoms with E-state index >= 15 is 0 Å². The van der Waals surface area contributed by atoms with Gasteiger partial charge in [-0.2, -0.15) is 5.26 Å². The molecule has 2 rings (SSSR count). The summed E-state index contributed by atoms with van der Waals surface area (Å²) in [4.78, 5) is 0. The summed E-state index contributed by atoms with van der Waals surface area (Å²) in [5, 5.41) is 13.1. The summed E-state index contributed by atoms with van der Waals surface area (Å²) in [7, 11) is -2.02. The Morgan fingerprint density at radius 3 is 2.00 bits per heavy atom. The average Bonchev–Trinajstić information content (AvgIpc) is 2.70. The van der Waals surface area contributed by atoms with Crippen molar-refractivity contribution in [3.63, 3.8) is 0 Å². The van der Waals surface area contributed by atoms with Gasteiger partial charge in [-0.05, 0) is 48.0 Å². The number of benzene rings is 2. The molecular weight excluding hydrogens is 445 g/mol. The van der Waals surface area contributed by atoms with Crippen molar-refractivity contribution < 1.29 is 13.2 Å². The maximum absolute atomic E-state index is 13.5. The maximum atomic E-state index is 13.5. The van der Waals surface area contributed by atoms with Crippen LogP contribution in [0.4, 0.5) is 8.78 Å². The molecule has 1 unspecified atom stereocenters. The van der Waals surface area contributed by atoms with Gasteiger partial charge in [0, 0.05) is 34.8 Å². The molecule has 0 saturated carbocycles. The summed E-state index contributed by atoms with van der Waals surface area (Å²) in [6, 6.07) is 11.4. The molecule has 1 N–H and O–H groups in total. The highest BCUT2D eigenvalue weighted by Crippen LogP contribution is 2.37. The lowest BCUT2D eigenvalue weighted by molar-refractivity contribution is 0.186. The van der Waals surface area contributed by atoms with Crippen molar-refractivity contribution in [3.05, 3.63) is 68.7 Å². The first-order valence-electron chi connectivity index (χ1n) is 10.00. The third-order valence-electron chi connectivity index (χ3n) is 5.44. The van der Waals surface area contributed by atoms with Crippen LogP contribution in [0.25, 0.3) is 0 Å². The van der Waals surface area contributed by atoms with Gasteiger partial charge < -0.3 is 9.74 Å². The Kier molecular flexibility index (Phi) is 9.26. The van der Waals surface area contributed by atoms with Crippen LogP contribution in [-0.4, -0.2) is 14.9 Å². The van der Waals surface area contributed by atoms with Gasteiger partial charge in [0.1, 0.15) is 11.6 Å². The van der Waals surface area contributed by atoms with Gasteiger partial charge in [0.15, 0.2) is 8.32 Å². The van der Waals surface area contributed by atoms with Gasteiger partial charge in [-0.1, -0.05) is 44.0 Å². The van der Waals surface area contributed by atoms with Crippen LogP contribution in [0, 0.1) is 23.0 Å². The van der Waals surface area contributed by atoms with Crippen molar-refractivity contribution in [1.29, 1.82) is 5.26 Å². The monoisotopic (exact) mass is 470 g/mol. The molecule has 162 valence electrons. The van der Waals surface area contributed by atoms with Crippen molar-refractivity contribution in [2.24, 2.45) is 0 Å². The van der Waals surface area contributed by atoms with Crippen molar-refractivity contribution in [2.75, 3.05) is 6.54 Å². The third kappa shape index (κ3) is 6.26. The van der Waals surface area contributed by atoms with E-state index in [0.717, 1.165) is 24.2 Å². The second kappa shape index (κ2) is 11.2. The lowest BCUT2D eigenvalue weighted by Gasteiger charge is -2.34. The molecule has 2 aromatic rings. The second-order valence-electron chi connectivity index (χ2n) is 7.22. The zero-order valence-corrected chi connectivity index (χ0v) is 19.9. The number of nitrogens with zero attached hydrogens (tertiary/aromatic N) is 1. The Bertz CT molecular complexity index is 865. The van der Waals surface area contributed by atoms with Crippen LogP contribution < -0.4 is 5.32 Å². The molecule has 0 aromatic heterocycles. The zero-order valence-electron chi connectivity index (χ0n) is 17.4. The predicted octanol–water partition coefficient (Wildman–Crippen LogP) is 7.00. The van der Waals surface area contributed by atoms with E-state index in [9.17, 15) is 8.78 Å². The van der Waals surface area contributed by atoms with Crippen LogP contribution >= 0.6 is 23.2 Å². The molecule has 2 aromatic carbocycles. The first-order valence-corrected chi connectivity index (χ1v) is 13.3. The summed E-state index contributed by atoms with van der Waals surface area (Å²) in [5.74, 6) is -1.24. The van der Waals surface area contributed by atoms with Crippen LogP contribution in [0.3, 0.4) is 0 Å². The molecule has 0 aliphatic rings. The zero-order chi connectivity index (χ0) is 22.3. The summed E-state index contributed by atoms with van der Waals surface area (Å²) in [6.07, 6.45) is -0.442. The van der Waals surface area contributed by atoms with E-state index in [1.807, 2.05) is 6.07 Å². The number of hydrogen-bond acceptors (Lipinski definition) is 3. The largest absolute Gasteiger partial charge is 0.409 e. The topological polar surface area (TPSA) is 45.0 Å². The summed E-state index contributed by atoms with van der Waals surface area (Å²) in [5.41, 5.74) is 1.50.